The number of hydrogen-bond donors (Lipinski definition) is 1. The van der Waals surface area contributed by atoms with Gasteiger partial charge in [-0.1, -0.05) is 6.92 Å². The lowest BCUT2D eigenvalue weighted by atomic mass is 10.0. The minimum atomic E-state index is 0.150. The van der Waals surface area contributed by atoms with E-state index in [0.717, 1.165) is 51.0 Å². The van der Waals surface area contributed by atoms with Crippen LogP contribution in [-0.2, 0) is 19.4 Å². The first-order valence-electron chi connectivity index (χ1n) is 7.35. The lowest BCUT2D eigenvalue weighted by Gasteiger charge is -2.25. The first kappa shape index (κ1) is 14.1. The molecule has 2 heterocycles. The van der Waals surface area contributed by atoms with Crippen LogP contribution in [0, 0.1) is 0 Å². The second kappa shape index (κ2) is 6.24. The summed E-state index contributed by atoms with van der Waals surface area (Å²) in [6.07, 6.45) is 5.09. The summed E-state index contributed by atoms with van der Waals surface area (Å²) in [7, 11) is 2.10. The van der Waals surface area contributed by atoms with Crippen molar-refractivity contribution in [3.8, 4) is 0 Å². The van der Waals surface area contributed by atoms with Crippen LogP contribution in [0.1, 0.15) is 37.3 Å². The Balaban J connectivity index is 2.57. The van der Waals surface area contributed by atoms with E-state index in [-0.39, 0.29) is 5.56 Å². The number of anilines is 1. The summed E-state index contributed by atoms with van der Waals surface area (Å²) < 4.78 is 1.96. The van der Waals surface area contributed by atoms with Crippen molar-refractivity contribution in [1.29, 1.82) is 0 Å². The van der Waals surface area contributed by atoms with Crippen molar-refractivity contribution in [2.24, 2.45) is 5.73 Å². The maximum Gasteiger partial charge on any atom is 0.252 e. The van der Waals surface area contributed by atoms with Gasteiger partial charge < -0.3 is 10.6 Å². The largest absolute Gasteiger partial charge is 0.361 e. The molecule has 19 heavy (non-hydrogen) atoms. The summed E-state index contributed by atoms with van der Waals surface area (Å²) in [6.45, 7) is 4.69. The Morgan fingerprint density at radius 2 is 2.05 bits per heavy atom. The Morgan fingerprint density at radius 1 is 1.32 bits per heavy atom. The van der Waals surface area contributed by atoms with Crippen LogP contribution in [0.4, 0.5) is 5.82 Å². The third-order valence-corrected chi connectivity index (χ3v) is 3.98. The monoisotopic (exact) mass is 263 g/mol. The van der Waals surface area contributed by atoms with Gasteiger partial charge in [-0.05, 0) is 49.8 Å². The molecule has 4 nitrogen and oxygen atoms in total. The van der Waals surface area contributed by atoms with Crippen molar-refractivity contribution in [3.05, 3.63) is 27.5 Å². The second-order valence-electron chi connectivity index (χ2n) is 5.34. The highest BCUT2D eigenvalue weighted by Gasteiger charge is 2.19. The molecule has 0 unspecified atom stereocenters. The van der Waals surface area contributed by atoms with Gasteiger partial charge in [-0.3, -0.25) is 9.36 Å². The summed E-state index contributed by atoms with van der Waals surface area (Å²) in [5, 5.41) is 0. The zero-order chi connectivity index (χ0) is 13.8. The van der Waals surface area contributed by atoms with Gasteiger partial charge in [0.25, 0.3) is 5.56 Å². The fourth-order valence-corrected chi connectivity index (χ4v) is 2.97. The molecule has 1 aliphatic heterocycles. The van der Waals surface area contributed by atoms with Crippen molar-refractivity contribution in [1.82, 2.24) is 4.57 Å². The number of pyridine rings is 1. The van der Waals surface area contributed by atoms with Crippen molar-refractivity contribution in [3.63, 3.8) is 0 Å². The van der Waals surface area contributed by atoms with Crippen LogP contribution in [0.2, 0.25) is 0 Å². The van der Waals surface area contributed by atoms with E-state index in [2.05, 4.69) is 18.9 Å². The second-order valence-corrected chi connectivity index (χ2v) is 5.34. The number of nitrogens with zero attached hydrogens (tertiary/aromatic N) is 2. The average Bonchev–Trinajstić information content (AvgIpc) is 2.60. The molecule has 2 rings (SSSR count). The molecular weight excluding hydrogens is 238 g/mol. The molecular formula is C15H25N3O. The standard InChI is InChI=1S/C15H25N3O/c1-3-12-11-14(19)18-10-5-4-9-17(2)15(18)13(12)7-6-8-16/h11H,3-10,16H2,1-2H3. The van der Waals surface area contributed by atoms with E-state index in [1.807, 2.05) is 10.6 Å². The Morgan fingerprint density at radius 3 is 2.74 bits per heavy atom. The Kier molecular flexibility index (Phi) is 4.64. The van der Waals surface area contributed by atoms with Crippen LogP contribution >= 0.6 is 0 Å². The van der Waals surface area contributed by atoms with E-state index in [4.69, 9.17) is 5.73 Å². The summed E-state index contributed by atoms with van der Waals surface area (Å²) in [6, 6.07) is 1.83. The fraction of sp³-hybridized carbons (Fsp3) is 0.667. The van der Waals surface area contributed by atoms with Crippen LogP contribution < -0.4 is 16.2 Å². The molecule has 0 atom stereocenters. The smallest absolute Gasteiger partial charge is 0.252 e. The van der Waals surface area contributed by atoms with E-state index in [9.17, 15) is 4.79 Å². The number of fused-ring (bicyclic) bond motifs is 1. The third kappa shape index (κ3) is 2.84. The zero-order valence-electron chi connectivity index (χ0n) is 12.1. The molecule has 0 saturated carbocycles. The minimum Gasteiger partial charge on any atom is -0.361 e. The molecule has 0 spiro atoms. The number of hydrogen-bond acceptors (Lipinski definition) is 3. The lowest BCUT2D eigenvalue weighted by Crippen LogP contribution is -2.29. The molecule has 1 aromatic heterocycles. The number of aromatic nitrogens is 1. The molecule has 4 heteroatoms. The fourth-order valence-electron chi connectivity index (χ4n) is 2.97. The summed E-state index contributed by atoms with van der Waals surface area (Å²) in [4.78, 5) is 14.5. The predicted molar refractivity (Wildman–Crippen MR) is 80.0 cm³/mol. The summed E-state index contributed by atoms with van der Waals surface area (Å²) >= 11 is 0. The normalized spacial score (nSPS) is 15.2. The van der Waals surface area contributed by atoms with Gasteiger partial charge in [0.05, 0.1) is 0 Å². The minimum absolute atomic E-state index is 0.150. The van der Waals surface area contributed by atoms with Gasteiger partial charge in [-0.25, -0.2) is 0 Å². The molecule has 0 aliphatic carbocycles. The Labute approximate surface area is 115 Å². The van der Waals surface area contributed by atoms with Crippen LogP contribution in [0.3, 0.4) is 0 Å². The molecule has 106 valence electrons. The Bertz CT molecular complexity index is 493. The van der Waals surface area contributed by atoms with E-state index >= 15 is 0 Å². The molecule has 0 radical (unpaired) electrons. The van der Waals surface area contributed by atoms with E-state index in [0.29, 0.717) is 6.54 Å². The third-order valence-electron chi connectivity index (χ3n) is 3.98. The maximum absolute atomic E-state index is 12.3. The van der Waals surface area contributed by atoms with Crippen LogP contribution in [0.5, 0.6) is 0 Å². The molecule has 0 bridgehead atoms. The molecule has 0 fully saturated rings. The van der Waals surface area contributed by atoms with Crippen molar-refractivity contribution >= 4 is 5.82 Å². The number of nitrogens with two attached hydrogens (primary N) is 1. The number of aryl methyl sites for hydroxylation is 1. The molecule has 1 aromatic rings. The first-order valence-corrected chi connectivity index (χ1v) is 7.35. The summed E-state index contributed by atoms with van der Waals surface area (Å²) in [5.41, 5.74) is 8.33. The quantitative estimate of drug-likeness (QED) is 0.896. The van der Waals surface area contributed by atoms with Gasteiger partial charge in [0.2, 0.25) is 0 Å². The first-order chi connectivity index (χ1) is 9.19. The van der Waals surface area contributed by atoms with E-state index in [1.54, 1.807) is 0 Å². The molecule has 0 amide bonds. The van der Waals surface area contributed by atoms with Gasteiger partial charge in [-0.2, -0.15) is 0 Å². The van der Waals surface area contributed by atoms with Crippen molar-refractivity contribution in [2.75, 3.05) is 25.0 Å². The Hall–Kier alpha value is -1.29. The highest BCUT2D eigenvalue weighted by Crippen LogP contribution is 2.26. The van der Waals surface area contributed by atoms with E-state index < -0.39 is 0 Å². The number of rotatable bonds is 4. The highest BCUT2D eigenvalue weighted by atomic mass is 16.1. The van der Waals surface area contributed by atoms with Crippen LogP contribution in [0.25, 0.3) is 0 Å². The van der Waals surface area contributed by atoms with Gasteiger partial charge in [0, 0.05) is 26.2 Å². The summed E-state index contributed by atoms with van der Waals surface area (Å²) in [5.74, 6) is 1.13. The highest BCUT2D eigenvalue weighted by molar-refractivity contribution is 5.52. The predicted octanol–water partition coefficient (Wildman–Crippen LogP) is 1.53. The van der Waals surface area contributed by atoms with Gasteiger partial charge in [-0.15, -0.1) is 0 Å². The van der Waals surface area contributed by atoms with Crippen LogP contribution in [0.15, 0.2) is 10.9 Å². The van der Waals surface area contributed by atoms with Crippen molar-refractivity contribution < 1.29 is 0 Å². The van der Waals surface area contributed by atoms with Gasteiger partial charge >= 0.3 is 0 Å². The molecule has 1 aliphatic rings. The lowest BCUT2D eigenvalue weighted by molar-refractivity contribution is 0.632. The van der Waals surface area contributed by atoms with Gasteiger partial charge in [0.1, 0.15) is 5.82 Å². The zero-order valence-corrected chi connectivity index (χ0v) is 12.1. The average molecular weight is 263 g/mol. The maximum atomic E-state index is 12.3. The van der Waals surface area contributed by atoms with Gasteiger partial charge in [0.15, 0.2) is 0 Å². The molecule has 0 saturated heterocycles. The van der Waals surface area contributed by atoms with E-state index in [1.165, 1.54) is 11.1 Å². The molecule has 0 aromatic carbocycles. The topological polar surface area (TPSA) is 51.3 Å². The van der Waals surface area contributed by atoms with Crippen LogP contribution in [-0.4, -0.2) is 24.7 Å². The molecule has 2 N–H and O–H groups in total. The van der Waals surface area contributed by atoms with Crippen molar-refractivity contribution in [2.45, 2.75) is 45.6 Å². The SMILES string of the molecule is CCc1cc(=O)n2c(c1CCCN)N(C)CCCC2.